The number of hydrogen-bond donors (Lipinski definition) is 2. The minimum atomic E-state index is -0.561. The number of ether oxygens (including phenoxy) is 1. The van der Waals surface area contributed by atoms with Crippen LogP contribution in [0.25, 0.3) is 0 Å². The molecule has 1 atom stereocenters. The van der Waals surface area contributed by atoms with Gasteiger partial charge in [0, 0.05) is 13.7 Å². The van der Waals surface area contributed by atoms with Gasteiger partial charge in [0.25, 0.3) is 0 Å². The van der Waals surface area contributed by atoms with Crippen molar-refractivity contribution in [3.05, 3.63) is 0 Å². The number of amides is 2. The van der Waals surface area contributed by atoms with Gasteiger partial charge in [-0.15, -0.1) is 0 Å². The van der Waals surface area contributed by atoms with Crippen LogP contribution in [0.15, 0.2) is 0 Å². The zero-order valence-electron chi connectivity index (χ0n) is 9.88. The Morgan fingerprint density at radius 2 is 2.31 bits per heavy atom. The molecule has 2 fully saturated rings. The Labute approximate surface area is 95.6 Å². The SMILES string of the molecule is CCC1(COC)C(=N)NC(=O)N1CC1CC1. The van der Waals surface area contributed by atoms with Crippen LogP contribution in [0.1, 0.15) is 26.2 Å². The first-order valence-electron chi connectivity index (χ1n) is 5.80. The zero-order valence-corrected chi connectivity index (χ0v) is 9.88. The first-order chi connectivity index (χ1) is 7.64. The van der Waals surface area contributed by atoms with Gasteiger partial charge in [0.1, 0.15) is 11.4 Å². The van der Waals surface area contributed by atoms with Crippen molar-refractivity contribution in [1.29, 1.82) is 5.41 Å². The average molecular weight is 225 g/mol. The summed E-state index contributed by atoms with van der Waals surface area (Å²) < 4.78 is 5.20. The molecule has 1 saturated heterocycles. The number of methoxy groups -OCH3 is 1. The Bertz CT molecular complexity index is 314. The number of carbonyl (C=O) groups is 1. The molecule has 2 N–H and O–H groups in total. The normalized spacial score (nSPS) is 29.8. The van der Waals surface area contributed by atoms with Crippen LogP contribution in [0.4, 0.5) is 4.79 Å². The second kappa shape index (κ2) is 4.05. The van der Waals surface area contributed by atoms with Crippen LogP contribution in [-0.4, -0.2) is 42.6 Å². The summed E-state index contributed by atoms with van der Waals surface area (Å²) in [5.41, 5.74) is -0.561. The highest BCUT2D eigenvalue weighted by Crippen LogP contribution is 2.35. The lowest BCUT2D eigenvalue weighted by Gasteiger charge is -2.35. The van der Waals surface area contributed by atoms with Crippen molar-refractivity contribution in [3.63, 3.8) is 0 Å². The fraction of sp³-hybridized carbons (Fsp3) is 0.818. The van der Waals surface area contributed by atoms with Gasteiger partial charge in [-0.25, -0.2) is 4.79 Å². The molecule has 1 heterocycles. The van der Waals surface area contributed by atoms with E-state index in [2.05, 4.69) is 5.32 Å². The summed E-state index contributed by atoms with van der Waals surface area (Å²) in [6.45, 7) is 3.15. The van der Waals surface area contributed by atoms with E-state index in [4.69, 9.17) is 10.1 Å². The molecule has 5 nitrogen and oxygen atoms in total. The third-order valence-electron chi connectivity index (χ3n) is 3.56. The molecule has 5 heteroatoms. The molecular formula is C11H19N3O2. The highest BCUT2D eigenvalue weighted by atomic mass is 16.5. The molecule has 0 aromatic rings. The molecule has 16 heavy (non-hydrogen) atoms. The summed E-state index contributed by atoms with van der Waals surface area (Å²) in [6.07, 6.45) is 3.11. The number of amidine groups is 1. The molecule has 0 radical (unpaired) electrons. The fourth-order valence-corrected chi connectivity index (χ4v) is 2.29. The van der Waals surface area contributed by atoms with E-state index in [1.807, 2.05) is 6.92 Å². The molecule has 1 aliphatic heterocycles. The number of urea groups is 1. The van der Waals surface area contributed by atoms with Crippen molar-refractivity contribution in [2.24, 2.45) is 5.92 Å². The Balaban J connectivity index is 2.21. The summed E-state index contributed by atoms with van der Waals surface area (Å²) in [7, 11) is 1.61. The maximum atomic E-state index is 11.8. The number of hydrogen-bond acceptors (Lipinski definition) is 3. The van der Waals surface area contributed by atoms with Crippen LogP contribution in [0, 0.1) is 11.3 Å². The van der Waals surface area contributed by atoms with Crippen LogP contribution < -0.4 is 5.32 Å². The van der Waals surface area contributed by atoms with E-state index in [0.29, 0.717) is 18.9 Å². The van der Waals surface area contributed by atoms with Gasteiger partial charge in [0.05, 0.1) is 6.61 Å². The van der Waals surface area contributed by atoms with Crippen LogP contribution in [-0.2, 0) is 4.74 Å². The summed E-state index contributed by atoms with van der Waals surface area (Å²) in [5, 5.41) is 10.5. The quantitative estimate of drug-likeness (QED) is 0.738. The van der Waals surface area contributed by atoms with Gasteiger partial charge in [-0.2, -0.15) is 0 Å². The van der Waals surface area contributed by atoms with Gasteiger partial charge in [0.2, 0.25) is 0 Å². The highest BCUT2D eigenvalue weighted by molar-refractivity contribution is 6.08. The number of carbonyl (C=O) groups excluding carboxylic acids is 1. The van der Waals surface area contributed by atoms with Crippen LogP contribution in [0.2, 0.25) is 0 Å². The lowest BCUT2D eigenvalue weighted by Crippen LogP contribution is -2.53. The van der Waals surface area contributed by atoms with Crippen molar-refractivity contribution in [2.45, 2.75) is 31.7 Å². The van der Waals surface area contributed by atoms with Crippen molar-refractivity contribution < 1.29 is 9.53 Å². The van der Waals surface area contributed by atoms with Crippen LogP contribution in [0.3, 0.4) is 0 Å². The molecule has 0 aromatic heterocycles. The van der Waals surface area contributed by atoms with Gasteiger partial charge < -0.3 is 9.64 Å². The number of nitrogens with one attached hydrogen (secondary N) is 2. The lowest BCUT2D eigenvalue weighted by atomic mass is 9.94. The first kappa shape index (κ1) is 11.4. The standard InChI is InChI=1S/C11H19N3O2/c1-3-11(7-16-2)9(12)13-10(15)14(11)6-8-4-5-8/h8H,3-7H2,1-2H3,(H2,12,13,15). The predicted molar refractivity (Wildman–Crippen MR) is 60.6 cm³/mol. The van der Waals surface area contributed by atoms with Gasteiger partial charge in [0.15, 0.2) is 0 Å². The van der Waals surface area contributed by atoms with Crippen LogP contribution in [0.5, 0.6) is 0 Å². The smallest absolute Gasteiger partial charge is 0.323 e. The second-order valence-corrected chi connectivity index (χ2v) is 4.68. The van der Waals surface area contributed by atoms with Crippen molar-refractivity contribution in [2.75, 3.05) is 20.3 Å². The summed E-state index contributed by atoms with van der Waals surface area (Å²) in [4.78, 5) is 13.6. The Morgan fingerprint density at radius 1 is 1.62 bits per heavy atom. The zero-order chi connectivity index (χ0) is 11.8. The van der Waals surface area contributed by atoms with E-state index in [0.717, 1.165) is 6.54 Å². The topological polar surface area (TPSA) is 65.4 Å². The van der Waals surface area contributed by atoms with Gasteiger partial charge in [-0.1, -0.05) is 6.92 Å². The first-order valence-corrected chi connectivity index (χ1v) is 5.80. The third kappa shape index (κ3) is 1.69. The van der Waals surface area contributed by atoms with Crippen molar-refractivity contribution in [3.8, 4) is 0 Å². The molecule has 0 bridgehead atoms. The van der Waals surface area contributed by atoms with Gasteiger partial charge in [-0.05, 0) is 25.2 Å². The predicted octanol–water partition coefficient (Wildman–Crippen LogP) is 1.19. The molecule has 2 rings (SSSR count). The lowest BCUT2D eigenvalue weighted by molar-refractivity contribution is 0.0801. The molecule has 1 unspecified atom stereocenters. The molecular weight excluding hydrogens is 206 g/mol. The van der Waals surface area contributed by atoms with Gasteiger partial charge in [-0.3, -0.25) is 10.7 Å². The maximum absolute atomic E-state index is 11.8. The molecule has 0 spiro atoms. The summed E-state index contributed by atoms with van der Waals surface area (Å²) >= 11 is 0. The maximum Gasteiger partial charge on any atom is 0.323 e. The third-order valence-corrected chi connectivity index (χ3v) is 3.56. The monoisotopic (exact) mass is 225 g/mol. The number of rotatable bonds is 5. The fourth-order valence-electron chi connectivity index (χ4n) is 2.29. The Morgan fingerprint density at radius 3 is 2.81 bits per heavy atom. The molecule has 2 aliphatic rings. The minimum absolute atomic E-state index is 0.143. The Kier molecular flexibility index (Phi) is 2.88. The molecule has 2 amide bonds. The van der Waals surface area contributed by atoms with Crippen LogP contribution >= 0.6 is 0 Å². The van der Waals surface area contributed by atoms with E-state index in [-0.39, 0.29) is 11.9 Å². The van der Waals surface area contributed by atoms with E-state index in [1.54, 1.807) is 12.0 Å². The summed E-state index contributed by atoms with van der Waals surface area (Å²) in [5.74, 6) is 0.905. The second-order valence-electron chi connectivity index (χ2n) is 4.68. The van der Waals surface area contributed by atoms with E-state index < -0.39 is 5.54 Å². The van der Waals surface area contributed by atoms with Crippen molar-refractivity contribution >= 4 is 11.9 Å². The summed E-state index contributed by atoms with van der Waals surface area (Å²) in [6, 6.07) is -0.143. The molecule has 0 aromatic carbocycles. The largest absolute Gasteiger partial charge is 0.382 e. The molecule has 90 valence electrons. The van der Waals surface area contributed by atoms with Gasteiger partial charge >= 0.3 is 6.03 Å². The highest BCUT2D eigenvalue weighted by Gasteiger charge is 2.50. The van der Waals surface area contributed by atoms with E-state index in [9.17, 15) is 4.79 Å². The molecule has 1 aliphatic carbocycles. The minimum Gasteiger partial charge on any atom is -0.382 e. The van der Waals surface area contributed by atoms with E-state index in [1.165, 1.54) is 12.8 Å². The number of nitrogens with zero attached hydrogens (tertiary/aromatic N) is 1. The van der Waals surface area contributed by atoms with Crippen molar-refractivity contribution in [1.82, 2.24) is 10.2 Å². The van der Waals surface area contributed by atoms with E-state index >= 15 is 0 Å². The average Bonchev–Trinajstić information content (AvgIpc) is 3.02. The Hall–Kier alpha value is -1.10. The molecule has 1 saturated carbocycles.